The highest BCUT2D eigenvalue weighted by molar-refractivity contribution is 7.22. The van der Waals surface area contributed by atoms with Gasteiger partial charge in [0, 0.05) is 39.3 Å². The number of para-hydroxylation sites is 1. The molecule has 7 heteroatoms. The van der Waals surface area contributed by atoms with E-state index in [1.807, 2.05) is 12.1 Å². The molecule has 1 aliphatic heterocycles. The van der Waals surface area contributed by atoms with Gasteiger partial charge in [-0.15, -0.1) is 0 Å². The number of aromatic nitrogens is 1. The van der Waals surface area contributed by atoms with Crippen LogP contribution in [0.4, 0.5) is 5.13 Å². The maximum absolute atomic E-state index is 12.4. The molecular formula is C23H28N4O2S. The SMILES string of the molecule is COc1ccccc1C(=O)NCCN1CCN(c2nc3c(C)c(C)ccc3s2)CC1. The molecule has 1 amide bonds. The van der Waals surface area contributed by atoms with E-state index in [-0.39, 0.29) is 5.91 Å². The van der Waals surface area contributed by atoms with Crippen LogP contribution in [-0.2, 0) is 0 Å². The summed E-state index contributed by atoms with van der Waals surface area (Å²) in [5, 5.41) is 4.12. The topological polar surface area (TPSA) is 57.7 Å². The Morgan fingerprint density at radius 3 is 2.67 bits per heavy atom. The quantitative estimate of drug-likeness (QED) is 0.657. The van der Waals surface area contributed by atoms with Crippen LogP contribution in [0.15, 0.2) is 36.4 Å². The largest absolute Gasteiger partial charge is 0.496 e. The Labute approximate surface area is 181 Å². The first kappa shape index (κ1) is 20.6. The molecule has 1 saturated heterocycles. The van der Waals surface area contributed by atoms with Gasteiger partial charge in [0.2, 0.25) is 0 Å². The number of nitrogens with one attached hydrogen (secondary N) is 1. The number of amides is 1. The Hall–Kier alpha value is -2.64. The molecule has 0 bridgehead atoms. The number of carbonyl (C=O) groups is 1. The summed E-state index contributed by atoms with van der Waals surface area (Å²) in [4.78, 5) is 22.1. The van der Waals surface area contributed by atoms with Crippen LogP contribution in [0.5, 0.6) is 5.75 Å². The van der Waals surface area contributed by atoms with Crippen molar-refractivity contribution in [2.75, 3.05) is 51.3 Å². The lowest BCUT2D eigenvalue weighted by Crippen LogP contribution is -2.48. The molecule has 0 aliphatic carbocycles. The molecule has 1 fully saturated rings. The number of benzene rings is 2. The van der Waals surface area contributed by atoms with Crippen LogP contribution < -0.4 is 15.0 Å². The Morgan fingerprint density at radius 2 is 1.90 bits per heavy atom. The number of aryl methyl sites for hydroxylation is 2. The summed E-state index contributed by atoms with van der Waals surface area (Å²) in [6.07, 6.45) is 0. The summed E-state index contributed by atoms with van der Waals surface area (Å²) in [5.74, 6) is 0.510. The van der Waals surface area contributed by atoms with E-state index in [0.717, 1.165) is 43.4 Å². The van der Waals surface area contributed by atoms with Crippen molar-refractivity contribution in [2.45, 2.75) is 13.8 Å². The van der Waals surface area contributed by atoms with Crippen molar-refractivity contribution in [1.82, 2.24) is 15.2 Å². The van der Waals surface area contributed by atoms with Crippen molar-refractivity contribution < 1.29 is 9.53 Å². The van der Waals surface area contributed by atoms with Crippen molar-refractivity contribution in [3.8, 4) is 5.75 Å². The smallest absolute Gasteiger partial charge is 0.255 e. The molecular weight excluding hydrogens is 396 g/mol. The van der Waals surface area contributed by atoms with E-state index in [1.54, 1.807) is 30.6 Å². The number of rotatable bonds is 6. The van der Waals surface area contributed by atoms with Crippen LogP contribution in [0.3, 0.4) is 0 Å². The van der Waals surface area contributed by atoms with E-state index in [1.165, 1.54) is 15.8 Å². The summed E-state index contributed by atoms with van der Waals surface area (Å²) in [6.45, 7) is 9.61. The van der Waals surface area contributed by atoms with Gasteiger partial charge in [-0.1, -0.05) is 29.5 Å². The first-order valence-electron chi connectivity index (χ1n) is 10.3. The van der Waals surface area contributed by atoms with Crippen molar-refractivity contribution in [3.63, 3.8) is 0 Å². The normalized spacial score (nSPS) is 14.8. The molecule has 0 spiro atoms. The summed E-state index contributed by atoms with van der Waals surface area (Å²) in [5.41, 5.74) is 4.28. The fraction of sp³-hybridized carbons (Fsp3) is 0.391. The van der Waals surface area contributed by atoms with Gasteiger partial charge in [-0.2, -0.15) is 0 Å². The Balaban J connectivity index is 1.28. The molecule has 0 atom stereocenters. The second kappa shape index (κ2) is 9.02. The van der Waals surface area contributed by atoms with Gasteiger partial charge in [-0.05, 0) is 43.2 Å². The number of thiazole rings is 1. The lowest BCUT2D eigenvalue weighted by molar-refractivity contribution is 0.0944. The third-order valence-corrected chi connectivity index (χ3v) is 6.86. The fourth-order valence-electron chi connectivity index (χ4n) is 3.77. The zero-order valence-electron chi connectivity index (χ0n) is 17.8. The van der Waals surface area contributed by atoms with E-state index in [4.69, 9.17) is 9.72 Å². The molecule has 0 saturated carbocycles. The molecule has 1 N–H and O–H groups in total. The van der Waals surface area contributed by atoms with E-state index in [0.29, 0.717) is 17.9 Å². The van der Waals surface area contributed by atoms with Crippen LogP contribution in [0, 0.1) is 13.8 Å². The van der Waals surface area contributed by atoms with Gasteiger partial charge in [-0.25, -0.2) is 4.98 Å². The third-order valence-electron chi connectivity index (χ3n) is 5.78. The van der Waals surface area contributed by atoms with E-state index in [9.17, 15) is 4.79 Å². The minimum absolute atomic E-state index is 0.0915. The number of carbonyl (C=O) groups excluding carboxylic acids is 1. The van der Waals surface area contributed by atoms with Crippen LogP contribution in [0.1, 0.15) is 21.5 Å². The number of hydrogen-bond donors (Lipinski definition) is 1. The third kappa shape index (κ3) is 4.27. The van der Waals surface area contributed by atoms with Gasteiger partial charge >= 0.3 is 0 Å². The van der Waals surface area contributed by atoms with Crippen molar-refractivity contribution in [2.24, 2.45) is 0 Å². The van der Waals surface area contributed by atoms with E-state index >= 15 is 0 Å². The van der Waals surface area contributed by atoms with Crippen LogP contribution >= 0.6 is 11.3 Å². The van der Waals surface area contributed by atoms with E-state index < -0.39 is 0 Å². The lowest BCUT2D eigenvalue weighted by Gasteiger charge is -2.34. The molecule has 30 heavy (non-hydrogen) atoms. The number of fused-ring (bicyclic) bond motifs is 1. The Morgan fingerprint density at radius 1 is 1.13 bits per heavy atom. The molecule has 0 unspecified atom stereocenters. The standard InChI is InChI=1S/C23H28N4O2S/c1-16-8-9-20-21(17(16)2)25-23(30-20)27-14-12-26(13-15-27)11-10-24-22(28)18-6-4-5-7-19(18)29-3/h4-9H,10-15H2,1-3H3,(H,24,28). The Kier molecular flexibility index (Phi) is 6.20. The monoisotopic (exact) mass is 424 g/mol. The average molecular weight is 425 g/mol. The van der Waals surface area contributed by atoms with Crippen molar-refractivity contribution in [3.05, 3.63) is 53.1 Å². The lowest BCUT2D eigenvalue weighted by atomic mass is 10.1. The van der Waals surface area contributed by atoms with Crippen LogP contribution in [-0.4, -0.2) is 62.2 Å². The molecule has 3 aromatic rings. The molecule has 0 radical (unpaired) electrons. The number of hydrogen-bond acceptors (Lipinski definition) is 6. The highest BCUT2D eigenvalue weighted by Gasteiger charge is 2.20. The molecule has 6 nitrogen and oxygen atoms in total. The minimum Gasteiger partial charge on any atom is -0.496 e. The highest BCUT2D eigenvalue weighted by atomic mass is 32.1. The minimum atomic E-state index is -0.0915. The fourth-order valence-corrected chi connectivity index (χ4v) is 4.84. The predicted octanol–water partition coefficient (Wildman–Crippen LogP) is 3.47. The number of nitrogens with zero attached hydrogens (tertiary/aromatic N) is 3. The van der Waals surface area contributed by atoms with Crippen molar-refractivity contribution >= 4 is 32.6 Å². The number of piperazine rings is 1. The molecule has 2 aromatic carbocycles. The van der Waals surface area contributed by atoms with Crippen molar-refractivity contribution in [1.29, 1.82) is 0 Å². The second-order valence-electron chi connectivity index (χ2n) is 7.64. The van der Waals surface area contributed by atoms with Gasteiger partial charge in [0.25, 0.3) is 5.91 Å². The number of methoxy groups -OCH3 is 1. The first-order valence-corrected chi connectivity index (χ1v) is 11.1. The highest BCUT2D eigenvalue weighted by Crippen LogP contribution is 2.32. The molecule has 4 rings (SSSR count). The molecule has 158 valence electrons. The summed E-state index contributed by atoms with van der Waals surface area (Å²) >= 11 is 1.78. The zero-order valence-corrected chi connectivity index (χ0v) is 18.6. The van der Waals surface area contributed by atoms with Gasteiger partial charge in [0.05, 0.1) is 22.9 Å². The number of ether oxygens (including phenoxy) is 1. The predicted molar refractivity (Wildman–Crippen MR) is 123 cm³/mol. The van der Waals surface area contributed by atoms with Gasteiger partial charge in [0.1, 0.15) is 5.75 Å². The van der Waals surface area contributed by atoms with Gasteiger partial charge in [0.15, 0.2) is 5.13 Å². The maximum Gasteiger partial charge on any atom is 0.255 e. The maximum atomic E-state index is 12.4. The summed E-state index contributed by atoms with van der Waals surface area (Å²) in [7, 11) is 1.58. The van der Waals surface area contributed by atoms with Gasteiger partial charge < -0.3 is 15.0 Å². The average Bonchev–Trinajstić information content (AvgIpc) is 3.22. The van der Waals surface area contributed by atoms with E-state index in [2.05, 4.69) is 41.1 Å². The van der Waals surface area contributed by atoms with Gasteiger partial charge in [-0.3, -0.25) is 9.69 Å². The number of anilines is 1. The zero-order chi connectivity index (χ0) is 21.1. The summed E-state index contributed by atoms with van der Waals surface area (Å²) in [6, 6.07) is 11.7. The second-order valence-corrected chi connectivity index (χ2v) is 8.64. The first-order chi connectivity index (χ1) is 14.6. The Bertz CT molecular complexity index is 1040. The molecule has 1 aromatic heterocycles. The summed E-state index contributed by atoms with van der Waals surface area (Å²) < 4.78 is 6.53. The molecule has 2 heterocycles. The van der Waals surface area contributed by atoms with Crippen LogP contribution in [0.25, 0.3) is 10.2 Å². The molecule has 1 aliphatic rings. The van der Waals surface area contributed by atoms with Crippen LogP contribution in [0.2, 0.25) is 0 Å².